The van der Waals surface area contributed by atoms with E-state index in [1.807, 2.05) is 25.1 Å². The number of halogens is 1. The van der Waals surface area contributed by atoms with Crippen LogP contribution in [0.4, 0.5) is 5.69 Å². The zero-order chi connectivity index (χ0) is 15.2. The fourth-order valence-corrected chi connectivity index (χ4v) is 2.18. The molecule has 0 radical (unpaired) electrons. The monoisotopic (exact) mass is 301 g/mol. The Labute approximate surface area is 128 Å². The lowest BCUT2D eigenvalue weighted by Crippen LogP contribution is -2.17. The van der Waals surface area contributed by atoms with Gasteiger partial charge in [-0.05, 0) is 25.1 Å². The van der Waals surface area contributed by atoms with Crippen LogP contribution in [0, 0.1) is 11.8 Å². The molecule has 1 amide bonds. The van der Waals surface area contributed by atoms with Crippen molar-refractivity contribution >= 4 is 23.2 Å². The molecule has 0 spiro atoms. The van der Waals surface area contributed by atoms with Crippen molar-refractivity contribution in [3.05, 3.63) is 52.8 Å². The fourth-order valence-electron chi connectivity index (χ4n) is 1.96. The Morgan fingerprint density at radius 2 is 2.19 bits per heavy atom. The van der Waals surface area contributed by atoms with Crippen LogP contribution < -0.4 is 11.1 Å². The summed E-state index contributed by atoms with van der Waals surface area (Å²) in [7, 11) is 0. The van der Waals surface area contributed by atoms with Crippen LogP contribution in [-0.4, -0.2) is 17.0 Å². The number of carbonyl (C=O) groups is 1. The molecule has 21 heavy (non-hydrogen) atoms. The van der Waals surface area contributed by atoms with E-state index in [1.54, 1.807) is 22.9 Å². The van der Waals surface area contributed by atoms with E-state index in [1.165, 1.54) is 0 Å². The van der Waals surface area contributed by atoms with Crippen LogP contribution in [0.25, 0.3) is 0 Å². The number of benzene rings is 1. The quantitative estimate of drug-likeness (QED) is 0.856. The molecule has 3 N–H and O–H groups in total. The van der Waals surface area contributed by atoms with Gasteiger partial charge in [0.15, 0.2) is 0 Å². The summed E-state index contributed by atoms with van der Waals surface area (Å²) in [6, 6.07) is 8.99. The molecule has 0 aliphatic heterocycles. The van der Waals surface area contributed by atoms with E-state index in [9.17, 15) is 4.79 Å². The molecular weight excluding hydrogens is 286 g/mol. The molecule has 4 nitrogen and oxygen atoms in total. The zero-order valence-corrected chi connectivity index (χ0v) is 12.4. The van der Waals surface area contributed by atoms with Crippen molar-refractivity contribution in [3.63, 3.8) is 0 Å². The third-order valence-corrected chi connectivity index (χ3v) is 3.14. The van der Waals surface area contributed by atoms with Crippen LogP contribution in [0.1, 0.15) is 23.0 Å². The van der Waals surface area contributed by atoms with Crippen LogP contribution in [-0.2, 0) is 6.54 Å². The average molecular weight is 302 g/mol. The summed E-state index contributed by atoms with van der Waals surface area (Å²) < 4.78 is 1.80. The molecule has 0 unspecified atom stereocenters. The second-order valence-electron chi connectivity index (χ2n) is 4.34. The molecule has 0 bridgehead atoms. The Kier molecular flexibility index (Phi) is 5.04. The first kappa shape index (κ1) is 15.2. The van der Waals surface area contributed by atoms with Gasteiger partial charge in [0.2, 0.25) is 0 Å². The Morgan fingerprint density at radius 1 is 1.43 bits per heavy atom. The van der Waals surface area contributed by atoms with Gasteiger partial charge < -0.3 is 15.6 Å². The molecule has 1 aromatic carbocycles. The van der Waals surface area contributed by atoms with Crippen LogP contribution in [0.2, 0.25) is 5.02 Å². The van der Waals surface area contributed by atoms with E-state index in [2.05, 4.69) is 17.2 Å². The highest BCUT2D eigenvalue weighted by Crippen LogP contribution is 2.18. The maximum atomic E-state index is 12.4. The summed E-state index contributed by atoms with van der Waals surface area (Å²) in [5, 5.41) is 3.40. The summed E-state index contributed by atoms with van der Waals surface area (Å²) in [6.07, 6.45) is 1.73. The molecule has 0 aliphatic rings. The number of anilines is 1. The smallest absolute Gasteiger partial charge is 0.272 e. The molecule has 0 atom stereocenters. The highest BCUT2D eigenvalue weighted by atomic mass is 35.5. The predicted octanol–water partition coefficient (Wildman–Crippen LogP) is 2.72. The molecule has 0 saturated carbocycles. The number of hydrogen-bond donors (Lipinski definition) is 2. The number of hydrogen-bond acceptors (Lipinski definition) is 2. The van der Waals surface area contributed by atoms with E-state index >= 15 is 0 Å². The minimum Gasteiger partial charge on any atom is -0.342 e. The number of nitrogens with zero attached hydrogens (tertiary/aromatic N) is 1. The summed E-state index contributed by atoms with van der Waals surface area (Å²) in [6.45, 7) is 2.90. The Bertz CT molecular complexity index is 710. The van der Waals surface area contributed by atoms with Crippen molar-refractivity contribution in [2.75, 3.05) is 11.9 Å². The lowest BCUT2D eigenvalue weighted by Gasteiger charge is -2.09. The number of nitrogens with one attached hydrogen (secondary N) is 1. The van der Waals surface area contributed by atoms with Crippen molar-refractivity contribution in [2.24, 2.45) is 5.73 Å². The number of amides is 1. The van der Waals surface area contributed by atoms with Crippen LogP contribution in [0.3, 0.4) is 0 Å². The topological polar surface area (TPSA) is 60.0 Å². The van der Waals surface area contributed by atoms with Crippen LogP contribution >= 0.6 is 11.6 Å². The van der Waals surface area contributed by atoms with Gasteiger partial charge in [0.05, 0.1) is 17.3 Å². The maximum absolute atomic E-state index is 12.4. The van der Waals surface area contributed by atoms with Gasteiger partial charge in [-0.2, -0.15) is 0 Å². The van der Waals surface area contributed by atoms with Gasteiger partial charge in [0.25, 0.3) is 5.91 Å². The Morgan fingerprint density at radius 3 is 2.90 bits per heavy atom. The number of nitrogens with two attached hydrogens (primary N) is 1. The van der Waals surface area contributed by atoms with Gasteiger partial charge in [-0.25, -0.2) is 0 Å². The molecule has 2 aromatic rings. The first-order valence-corrected chi connectivity index (χ1v) is 6.98. The number of aryl methyl sites for hydroxylation is 1. The largest absolute Gasteiger partial charge is 0.342 e. The average Bonchev–Trinajstić information content (AvgIpc) is 2.87. The third kappa shape index (κ3) is 3.66. The molecule has 2 rings (SSSR count). The Balaban J connectivity index is 2.27. The van der Waals surface area contributed by atoms with Gasteiger partial charge in [0.1, 0.15) is 5.69 Å². The molecule has 108 valence electrons. The minimum absolute atomic E-state index is 0.217. The van der Waals surface area contributed by atoms with Gasteiger partial charge in [-0.3, -0.25) is 4.79 Å². The van der Waals surface area contributed by atoms with Gasteiger partial charge >= 0.3 is 0 Å². The number of rotatable bonds is 3. The van der Waals surface area contributed by atoms with Gasteiger partial charge in [0, 0.05) is 18.3 Å². The first-order chi connectivity index (χ1) is 10.2. The predicted molar refractivity (Wildman–Crippen MR) is 85.4 cm³/mol. The second-order valence-corrected chi connectivity index (χ2v) is 4.77. The third-order valence-electron chi connectivity index (χ3n) is 2.94. The summed E-state index contributed by atoms with van der Waals surface area (Å²) in [5.74, 6) is 5.51. The molecular formula is C16H16ClN3O. The van der Waals surface area contributed by atoms with Crippen molar-refractivity contribution < 1.29 is 4.79 Å². The molecule has 1 heterocycles. The standard InChI is InChI=1S/C16H16ClN3O/c1-2-20-11-13(17)10-15(20)16(21)19-14-8-4-3-6-12(14)7-5-9-18/h3-4,6,8,10-11H,2,9,18H2,1H3,(H,19,21). The molecule has 1 aromatic heterocycles. The number of aromatic nitrogens is 1. The van der Waals surface area contributed by atoms with Gasteiger partial charge in [-0.1, -0.05) is 35.6 Å². The lowest BCUT2D eigenvalue weighted by molar-refractivity contribution is 0.101. The van der Waals surface area contributed by atoms with Crippen molar-refractivity contribution in [1.29, 1.82) is 0 Å². The van der Waals surface area contributed by atoms with E-state index < -0.39 is 0 Å². The first-order valence-electron chi connectivity index (χ1n) is 6.60. The number of para-hydroxylation sites is 1. The van der Waals surface area contributed by atoms with Crippen molar-refractivity contribution in [3.8, 4) is 11.8 Å². The van der Waals surface area contributed by atoms with Crippen molar-refractivity contribution in [2.45, 2.75) is 13.5 Å². The summed E-state index contributed by atoms with van der Waals surface area (Å²) in [4.78, 5) is 12.4. The van der Waals surface area contributed by atoms with Gasteiger partial charge in [-0.15, -0.1) is 0 Å². The van der Waals surface area contributed by atoms with E-state index in [-0.39, 0.29) is 12.5 Å². The van der Waals surface area contributed by atoms with E-state index in [4.69, 9.17) is 17.3 Å². The number of carbonyl (C=O) groups excluding carboxylic acids is 1. The normalized spacial score (nSPS) is 9.86. The maximum Gasteiger partial charge on any atom is 0.272 e. The lowest BCUT2D eigenvalue weighted by atomic mass is 10.1. The molecule has 0 aliphatic carbocycles. The highest BCUT2D eigenvalue weighted by molar-refractivity contribution is 6.31. The SMILES string of the molecule is CCn1cc(Cl)cc1C(=O)Nc1ccccc1C#CCN. The second kappa shape index (κ2) is 6.98. The van der Waals surface area contributed by atoms with Crippen LogP contribution in [0.15, 0.2) is 36.5 Å². The summed E-state index contributed by atoms with van der Waals surface area (Å²) in [5.41, 5.74) is 7.29. The van der Waals surface area contributed by atoms with E-state index in [0.29, 0.717) is 22.9 Å². The zero-order valence-electron chi connectivity index (χ0n) is 11.7. The van der Waals surface area contributed by atoms with Crippen LogP contribution in [0.5, 0.6) is 0 Å². The summed E-state index contributed by atoms with van der Waals surface area (Å²) >= 11 is 5.95. The minimum atomic E-state index is -0.217. The van der Waals surface area contributed by atoms with E-state index in [0.717, 1.165) is 5.56 Å². The highest BCUT2D eigenvalue weighted by Gasteiger charge is 2.13. The van der Waals surface area contributed by atoms with Crippen molar-refractivity contribution in [1.82, 2.24) is 4.57 Å². The molecule has 0 saturated heterocycles. The molecule has 5 heteroatoms. The Hall–Kier alpha value is -2.22. The fraction of sp³-hybridized carbons (Fsp3) is 0.188. The molecule has 0 fully saturated rings.